The van der Waals surface area contributed by atoms with Gasteiger partial charge in [0.2, 0.25) is 5.95 Å². The number of rotatable bonds is 6. The molecule has 2 aliphatic rings. The quantitative estimate of drug-likeness (QED) is 0.431. The third kappa shape index (κ3) is 4.50. The molecule has 166 valence electrons. The molecule has 2 bridgehead atoms. The van der Waals surface area contributed by atoms with Crippen molar-refractivity contribution in [2.45, 2.75) is 63.6 Å². The minimum absolute atomic E-state index is 0.306. The van der Waals surface area contributed by atoms with Gasteiger partial charge in [0.15, 0.2) is 5.82 Å². The lowest BCUT2D eigenvalue weighted by Gasteiger charge is -2.43. The van der Waals surface area contributed by atoms with Gasteiger partial charge in [0.25, 0.3) is 0 Å². The lowest BCUT2D eigenvalue weighted by atomic mass is 9.77. The second-order valence-electron chi connectivity index (χ2n) is 9.00. The molecule has 2 aromatic heterocycles. The fourth-order valence-electron chi connectivity index (χ4n) is 5.19. The molecule has 2 atom stereocenters. The van der Waals surface area contributed by atoms with Crippen LogP contribution < -0.4 is 16.0 Å². The van der Waals surface area contributed by atoms with Crippen molar-refractivity contribution in [1.82, 2.24) is 25.5 Å². The monoisotopic (exact) mass is 450 g/mol. The van der Waals surface area contributed by atoms with Crippen LogP contribution in [-0.4, -0.2) is 38.3 Å². The predicted octanol–water partition coefficient (Wildman–Crippen LogP) is 4.67. The second kappa shape index (κ2) is 8.93. The molecule has 4 heterocycles. The number of aryl methyl sites for hydroxylation is 1. The van der Waals surface area contributed by atoms with Crippen molar-refractivity contribution < 1.29 is 0 Å². The Bertz CT molecular complexity index is 1140. The summed E-state index contributed by atoms with van der Waals surface area (Å²) in [7, 11) is 0. The summed E-state index contributed by atoms with van der Waals surface area (Å²) in [6.07, 6.45) is 5.99. The van der Waals surface area contributed by atoms with Crippen molar-refractivity contribution in [3.63, 3.8) is 0 Å². The van der Waals surface area contributed by atoms with Gasteiger partial charge >= 0.3 is 0 Å². The Morgan fingerprint density at radius 1 is 1.19 bits per heavy atom. The molecule has 32 heavy (non-hydrogen) atoms. The zero-order chi connectivity index (χ0) is 22.1. The van der Waals surface area contributed by atoms with Crippen LogP contribution in [-0.2, 0) is 0 Å². The maximum atomic E-state index is 8.91. The lowest BCUT2D eigenvalue weighted by molar-refractivity contribution is 0.171. The van der Waals surface area contributed by atoms with E-state index < -0.39 is 0 Å². The number of fused-ring (bicyclic) bond motifs is 3. The molecule has 0 amide bonds. The highest BCUT2D eigenvalue weighted by Crippen LogP contribution is 2.35. The minimum Gasteiger partial charge on any atom is -0.351 e. The van der Waals surface area contributed by atoms with Crippen molar-refractivity contribution >= 4 is 40.1 Å². The number of H-pyrrole nitrogens is 1. The van der Waals surface area contributed by atoms with E-state index in [9.17, 15) is 0 Å². The molecule has 0 radical (unpaired) electrons. The number of hydrogen-bond donors (Lipinski definition) is 4. The molecule has 3 aromatic rings. The Balaban J connectivity index is 1.36. The normalized spacial score (nSPS) is 24.8. The average Bonchev–Trinajstić information content (AvgIpc) is 3.16. The largest absolute Gasteiger partial charge is 0.351 e. The van der Waals surface area contributed by atoms with Crippen molar-refractivity contribution in [1.29, 1.82) is 5.26 Å². The number of aromatic amines is 1. The number of piperidine rings is 2. The molecular formula is C23H27ClN8. The maximum absolute atomic E-state index is 8.91. The van der Waals surface area contributed by atoms with Gasteiger partial charge in [-0.3, -0.25) is 5.10 Å². The molecule has 9 heteroatoms. The molecule has 8 nitrogen and oxygen atoms in total. The summed E-state index contributed by atoms with van der Waals surface area (Å²) in [6, 6.07) is 11.2. The SMILES string of the molecule is Cc1cc(Nc2nc(NC3CC4CC(CCC#N)CC(C3)N4)nc3cccc(Cl)c23)n[nH]1. The van der Waals surface area contributed by atoms with E-state index in [4.69, 9.17) is 26.8 Å². The van der Waals surface area contributed by atoms with Gasteiger partial charge in [0.05, 0.1) is 22.0 Å². The lowest BCUT2D eigenvalue weighted by Crippen LogP contribution is -2.54. The molecule has 1 aromatic carbocycles. The number of nitrogens with one attached hydrogen (secondary N) is 4. The Kier molecular flexibility index (Phi) is 5.85. The molecule has 0 spiro atoms. The summed E-state index contributed by atoms with van der Waals surface area (Å²) >= 11 is 6.50. The maximum Gasteiger partial charge on any atom is 0.225 e. The van der Waals surface area contributed by atoms with E-state index >= 15 is 0 Å². The summed E-state index contributed by atoms with van der Waals surface area (Å²) in [6.45, 7) is 1.95. The van der Waals surface area contributed by atoms with Crippen LogP contribution in [0.1, 0.15) is 44.2 Å². The van der Waals surface area contributed by atoms with E-state index in [-0.39, 0.29) is 0 Å². The Labute approximate surface area is 192 Å². The van der Waals surface area contributed by atoms with Gasteiger partial charge < -0.3 is 16.0 Å². The molecule has 2 aliphatic heterocycles. The summed E-state index contributed by atoms with van der Waals surface area (Å²) in [5.41, 5.74) is 1.75. The second-order valence-corrected chi connectivity index (χ2v) is 9.41. The van der Waals surface area contributed by atoms with Crippen LogP contribution in [0.5, 0.6) is 0 Å². The third-order valence-corrected chi connectivity index (χ3v) is 6.78. The highest BCUT2D eigenvalue weighted by molar-refractivity contribution is 6.36. The summed E-state index contributed by atoms with van der Waals surface area (Å²) in [5.74, 6) is 2.58. The van der Waals surface area contributed by atoms with E-state index in [0.29, 0.717) is 53.1 Å². The number of nitriles is 1. The first kappa shape index (κ1) is 21.0. The van der Waals surface area contributed by atoms with Crippen molar-refractivity contribution in [2.75, 3.05) is 10.6 Å². The molecule has 2 fully saturated rings. The zero-order valence-corrected chi connectivity index (χ0v) is 18.8. The van der Waals surface area contributed by atoms with Gasteiger partial charge in [-0.15, -0.1) is 0 Å². The minimum atomic E-state index is 0.306. The van der Waals surface area contributed by atoms with Crippen LogP contribution in [0, 0.1) is 24.2 Å². The summed E-state index contributed by atoms with van der Waals surface area (Å²) < 4.78 is 0. The van der Waals surface area contributed by atoms with E-state index in [1.165, 1.54) is 0 Å². The molecule has 2 saturated heterocycles. The van der Waals surface area contributed by atoms with E-state index in [0.717, 1.165) is 48.7 Å². The number of benzene rings is 1. The smallest absolute Gasteiger partial charge is 0.225 e. The molecule has 2 unspecified atom stereocenters. The first-order valence-corrected chi connectivity index (χ1v) is 11.6. The van der Waals surface area contributed by atoms with Gasteiger partial charge in [-0.2, -0.15) is 15.3 Å². The Morgan fingerprint density at radius 2 is 2.00 bits per heavy atom. The van der Waals surface area contributed by atoms with Crippen LogP contribution in [0.2, 0.25) is 5.02 Å². The van der Waals surface area contributed by atoms with E-state index in [1.54, 1.807) is 0 Å². The van der Waals surface area contributed by atoms with E-state index in [1.807, 2.05) is 31.2 Å². The molecule has 4 N–H and O–H groups in total. The highest BCUT2D eigenvalue weighted by atomic mass is 35.5. The predicted molar refractivity (Wildman–Crippen MR) is 126 cm³/mol. The third-order valence-electron chi connectivity index (χ3n) is 6.47. The number of nitrogens with zero attached hydrogens (tertiary/aromatic N) is 4. The van der Waals surface area contributed by atoms with Gasteiger partial charge in [-0.05, 0) is 57.1 Å². The number of anilines is 3. The van der Waals surface area contributed by atoms with Crippen molar-refractivity contribution in [3.05, 3.63) is 35.0 Å². The van der Waals surface area contributed by atoms with Crippen LogP contribution in [0.25, 0.3) is 10.9 Å². The first-order chi connectivity index (χ1) is 15.6. The van der Waals surface area contributed by atoms with Crippen LogP contribution in [0.15, 0.2) is 24.3 Å². The number of halogens is 1. The van der Waals surface area contributed by atoms with E-state index in [2.05, 4.69) is 32.2 Å². The molecular weight excluding hydrogens is 424 g/mol. The first-order valence-electron chi connectivity index (χ1n) is 11.2. The molecule has 0 aliphatic carbocycles. The van der Waals surface area contributed by atoms with Gasteiger partial charge in [0, 0.05) is 36.3 Å². The molecule has 0 saturated carbocycles. The topological polar surface area (TPSA) is 114 Å². The highest BCUT2D eigenvalue weighted by Gasteiger charge is 2.35. The van der Waals surface area contributed by atoms with Crippen molar-refractivity contribution in [3.8, 4) is 6.07 Å². The molecule has 5 rings (SSSR count). The van der Waals surface area contributed by atoms with Crippen LogP contribution in [0.4, 0.5) is 17.6 Å². The fourth-order valence-corrected chi connectivity index (χ4v) is 5.45. The zero-order valence-electron chi connectivity index (χ0n) is 18.0. The van der Waals surface area contributed by atoms with Gasteiger partial charge in [-0.25, -0.2) is 4.98 Å². The number of hydrogen-bond acceptors (Lipinski definition) is 7. The van der Waals surface area contributed by atoms with Crippen molar-refractivity contribution in [2.24, 2.45) is 5.92 Å². The standard InChI is InChI=1S/C23H27ClN8/c1-13-8-20(32-31-13)29-22-21-18(24)5-2-6-19(21)28-23(30-22)27-17-11-15-9-14(4-3-7-25)10-16(12-17)26-15/h2,5-6,8,14-17,26H,3-4,9-12H2,1H3,(H3,27,28,29,30,31,32). The van der Waals surface area contributed by atoms with Crippen LogP contribution in [0.3, 0.4) is 0 Å². The summed E-state index contributed by atoms with van der Waals surface area (Å²) in [4.78, 5) is 9.54. The Morgan fingerprint density at radius 3 is 2.72 bits per heavy atom. The summed E-state index contributed by atoms with van der Waals surface area (Å²) in [5, 5.41) is 28.1. The van der Waals surface area contributed by atoms with Crippen LogP contribution >= 0.6 is 11.6 Å². The number of aromatic nitrogens is 4. The van der Waals surface area contributed by atoms with Gasteiger partial charge in [-0.1, -0.05) is 17.7 Å². The van der Waals surface area contributed by atoms with Gasteiger partial charge in [0.1, 0.15) is 5.82 Å². The fraction of sp³-hybridized carbons (Fsp3) is 0.478. The Hall–Kier alpha value is -2.89. The average molecular weight is 451 g/mol.